The van der Waals surface area contributed by atoms with Crippen molar-refractivity contribution in [2.75, 3.05) is 17.3 Å². The highest BCUT2D eigenvalue weighted by atomic mass is 32.2. The van der Waals surface area contributed by atoms with E-state index in [1.165, 1.54) is 11.8 Å². The quantitative estimate of drug-likeness (QED) is 0.658. The number of carbonyl (C=O) groups excluding carboxylic acids is 2. The number of amides is 2. The molecule has 0 fully saturated rings. The third-order valence-electron chi connectivity index (χ3n) is 3.63. The molecule has 0 aliphatic carbocycles. The van der Waals surface area contributed by atoms with Gasteiger partial charge in [0.05, 0.1) is 17.8 Å². The van der Waals surface area contributed by atoms with E-state index in [0.717, 1.165) is 10.9 Å². The molecule has 1 atom stereocenters. The minimum Gasteiger partial charge on any atom is -0.368 e. The number of nitrogens with two attached hydrogens (primary N) is 1. The summed E-state index contributed by atoms with van der Waals surface area (Å²) in [6, 6.07) is 6.96. The zero-order chi connectivity index (χ0) is 18.4. The van der Waals surface area contributed by atoms with Gasteiger partial charge in [-0.25, -0.2) is 9.97 Å². The average Bonchev–Trinajstić information content (AvgIpc) is 2.57. The number of para-hydroxylation sites is 1. The molecule has 2 rings (SSSR count). The Kier molecular flexibility index (Phi) is 6.58. The highest BCUT2D eigenvalue weighted by Crippen LogP contribution is 2.22. The maximum absolute atomic E-state index is 11.7. The van der Waals surface area contributed by atoms with Crippen molar-refractivity contribution in [1.29, 1.82) is 0 Å². The highest BCUT2D eigenvalue weighted by Gasteiger charge is 2.21. The molecule has 4 N–H and O–H groups in total. The average molecular weight is 361 g/mol. The van der Waals surface area contributed by atoms with Gasteiger partial charge in [-0.2, -0.15) is 11.8 Å². The number of aromatic nitrogens is 2. The van der Waals surface area contributed by atoms with Gasteiger partial charge in [0.1, 0.15) is 11.9 Å². The van der Waals surface area contributed by atoms with Crippen LogP contribution in [0.5, 0.6) is 0 Å². The Hall–Kier alpha value is -2.35. The molecule has 1 aromatic carbocycles. The number of fused-ring (bicyclic) bond motifs is 1. The maximum atomic E-state index is 11.7. The summed E-state index contributed by atoms with van der Waals surface area (Å²) >= 11 is 1.45. The van der Waals surface area contributed by atoms with Crippen LogP contribution >= 0.6 is 11.8 Å². The minimum absolute atomic E-state index is 0.0101. The van der Waals surface area contributed by atoms with E-state index >= 15 is 0 Å². The Morgan fingerprint density at radius 1 is 1.24 bits per heavy atom. The number of anilines is 1. The topological polar surface area (TPSA) is 110 Å². The number of thioether (sulfide) groups is 1. The molecule has 1 aromatic heterocycles. The van der Waals surface area contributed by atoms with Crippen molar-refractivity contribution >= 4 is 40.3 Å². The summed E-state index contributed by atoms with van der Waals surface area (Å²) < 4.78 is 0. The van der Waals surface area contributed by atoms with Gasteiger partial charge in [-0.15, -0.1) is 0 Å². The van der Waals surface area contributed by atoms with Crippen molar-refractivity contribution in [3.63, 3.8) is 0 Å². The fourth-order valence-electron chi connectivity index (χ4n) is 2.39. The van der Waals surface area contributed by atoms with Crippen LogP contribution in [0, 0.1) is 5.92 Å². The van der Waals surface area contributed by atoms with Crippen molar-refractivity contribution in [2.24, 2.45) is 11.7 Å². The molecule has 0 radical (unpaired) electrons. The summed E-state index contributed by atoms with van der Waals surface area (Å²) in [6.07, 6.45) is 1.87. The van der Waals surface area contributed by atoms with E-state index in [-0.39, 0.29) is 18.4 Å². The predicted octanol–water partition coefficient (Wildman–Crippen LogP) is 1.53. The molecule has 0 aliphatic rings. The number of hydrogen-bond donors (Lipinski definition) is 3. The lowest BCUT2D eigenvalue weighted by Crippen LogP contribution is -2.40. The third-order valence-corrected chi connectivity index (χ3v) is 4.18. The van der Waals surface area contributed by atoms with Crippen LogP contribution in [0.15, 0.2) is 24.3 Å². The molecule has 1 heterocycles. The van der Waals surface area contributed by atoms with Gasteiger partial charge in [-0.1, -0.05) is 26.0 Å². The Balaban J connectivity index is 2.33. The lowest BCUT2D eigenvalue weighted by molar-refractivity contribution is -0.120. The second-order valence-electron chi connectivity index (χ2n) is 5.98. The zero-order valence-electron chi connectivity index (χ0n) is 14.6. The van der Waals surface area contributed by atoms with Gasteiger partial charge >= 0.3 is 0 Å². The highest BCUT2D eigenvalue weighted by molar-refractivity contribution is 7.99. The summed E-state index contributed by atoms with van der Waals surface area (Å²) in [5, 5.41) is 6.72. The van der Waals surface area contributed by atoms with Crippen LogP contribution in [0.2, 0.25) is 0 Å². The normalized spacial score (nSPS) is 12.2. The second-order valence-corrected chi connectivity index (χ2v) is 6.85. The second kappa shape index (κ2) is 8.66. The van der Waals surface area contributed by atoms with Gasteiger partial charge in [-0.05, 0) is 24.3 Å². The fourth-order valence-corrected chi connectivity index (χ4v) is 2.75. The van der Waals surface area contributed by atoms with Crippen LogP contribution < -0.4 is 16.4 Å². The molecule has 0 aliphatic heterocycles. The first-order valence-corrected chi connectivity index (χ1v) is 9.39. The molecule has 0 saturated carbocycles. The summed E-state index contributed by atoms with van der Waals surface area (Å²) in [7, 11) is 0. The van der Waals surface area contributed by atoms with Crippen molar-refractivity contribution in [1.82, 2.24) is 15.3 Å². The van der Waals surface area contributed by atoms with Crippen molar-refractivity contribution in [3.8, 4) is 0 Å². The lowest BCUT2D eigenvalue weighted by atomic mass is 10.0. The molecule has 0 spiro atoms. The van der Waals surface area contributed by atoms with Crippen LogP contribution in [0.4, 0.5) is 5.82 Å². The number of carbonyl (C=O) groups is 2. The van der Waals surface area contributed by atoms with E-state index in [2.05, 4.69) is 20.6 Å². The van der Waals surface area contributed by atoms with Crippen LogP contribution in [0.25, 0.3) is 10.9 Å². The number of hydrogen-bond acceptors (Lipinski definition) is 6. The standard InChI is InChI=1S/C17H23N5O2S/c1-10(2)15(16(18)24)22-17-11-6-4-5-7-12(11)20-13(21-17)8-19-14(23)9-25-3/h4-7,10,15H,8-9H2,1-3H3,(H2,18,24)(H,19,23)(H,20,21,22)/t15-/m0/s1. The summed E-state index contributed by atoms with van der Waals surface area (Å²) in [4.78, 5) is 32.3. The molecule has 7 nitrogen and oxygen atoms in total. The number of primary amides is 1. The van der Waals surface area contributed by atoms with Crippen molar-refractivity contribution in [2.45, 2.75) is 26.4 Å². The molecule has 0 bridgehead atoms. The molecule has 25 heavy (non-hydrogen) atoms. The van der Waals surface area contributed by atoms with Gasteiger partial charge in [0.25, 0.3) is 0 Å². The summed E-state index contributed by atoms with van der Waals surface area (Å²) in [5.41, 5.74) is 6.23. The van der Waals surface area contributed by atoms with Gasteiger partial charge in [-0.3, -0.25) is 9.59 Å². The van der Waals surface area contributed by atoms with Crippen LogP contribution in [0.1, 0.15) is 19.7 Å². The zero-order valence-corrected chi connectivity index (χ0v) is 15.4. The van der Waals surface area contributed by atoms with Gasteiger partial charge in [0.2, 0.25) is 11.8 Å². The lowest BCUT2D eigenvalue weighted by Gasteiger charge is -2.21. The molecule has 2 aromatic rings. The SMILES string of the molecule is CSCC(=O)NCc1nc(N[C@H](C(N)=O)C(C)C)c2ccccc2n1. The first-order chi connectivity index (χ1) is 11.9. The van der Waals surface area contributed by atoms with E-state index < -0.39 is 11.9 Å². The first-order valence-electron chi connectivity index (χ1n) is 7.99. The summed E-state index contributed by atoms with van der Waals surface area (Å²) in [6.45, 7) is 4.05. The number of nitrogens with one attached hydrogen (secondary N) is 2. The third kappa shape index (κ3) is 5.06. The monoisotopic (exact) mass is 361 g/mol. The van der Waals surface area contributed by atoms with Crippen LogP contribution in [0.3, 0.4) is 0 Å². The number of rotatable bonds is 8. The fraction of sp³-hybridized carbons (Fsp3) is 0.412. The first kappa shape index (κ1) is 19.0. The maximum Gasteiger partial charge on any atom is 0.240 e. The number of nitrogens with zero attached hydrogens (tertiary/aromatic N) is 2. The van der Waals surface area contributed by atoms with E-state index in [1.807, 2.05) is 44.4 Å². The molecular formula is C17H23N5O2S. The van der Waals surface area contributed by atoms with Gasteiger partial charge < -0.3 is 16.4 Å². The largest absolute Gasteiger partial charge is 0.368 e. The van der Waals surface area contributed by atoms with Crippen LogP contribution in [-0.4, -0.2) is 39.8 Å². The van der Waals surface area contributed by atoms with Crippen molar-refractivity contribution in [3.05, 3.63) is 30.1 Å². The van der Waals surface area contributed by atoms with E-state index in [9.17, 15) is 9.59 Å². The van der Waals surface area contributed by atoms with E-state index in [0.29, 0.717) is 17.4 Å². The predicted molar refractivity (Wildman–Crippen MR) is 101 cm³/mol. The van der Waals surface area contributed by atoms with Gasteiger partial charge in [0, 0.05) is 5.39 Å². The van der Waals surface area contributed by atoms with Crippen LogP contribution in [-0.2, 0) is 16.1 Å². The molecule has 8 heteroatoms. The molecule has 0 unspecified atom stereocenters. The Labute approximate surface area is 151 Å². The Bertz CT molecular complexity index is 766. The number of benzene rings is 1. The smallest absolute Gasteiger partial charge is 0.240 e. The van der Waals surface area contributed by atoms with E-state index in [1.54, 1.807) is 0 Å². The Morgan fingerprint density at radius 3 is 2.60 bits per heavy atom. The molecular weight excluding hydrogens is 338 g/mol. The van der Waals surface area contributed by atoms with Crippen molar-refractivity contribution < 1.29 is 9.59 Å². The minimum atomic E-state index is -0.544. The van der Waals surface area contributed by atoms with E-state index in [4.69, 9.17) is 5.73 Å². The molecule has 2 amide bonds. The Morgan fingerprint density at radius 2 is 1.96 bits per heavy atom. The summed E-state index contributed by atoms with van der Waals surface area (Å²) in [5.74, 6) is 0.898. The molecule has 134 valence electrons. The van der Waals surface area contributed by atoms with Gasteiger partial charge in [0.15, 0.2) is 5.82 Å². The molecule has 0 saturated heterocycles.